The molecule has 0 bridgehead atoms. The molecule has 6 nitrogen and oxygen atoms in total. The predicted octanol–water partition coefficient (Wildman–Crippen LogP) is 2.51. The first kappa shape index (κ1) is 19.9. The smallest absolute Gasteiger partial charge is 0.243 e. The molecule has 0 aliphatic rings. The number of ether oxygens (including phenoxy) is 1. The lowest BCUT2D eigenvalue weighted by atomic mass is 10.0. The summed E-state index contributed by atoms with van der Waals surface area (Å²) in [5.41, 5.74) is 1.42. The van der Waals surface area contributed by atoms with E-state index in [1.165, 1.54) is 7.05 Å². The molecule has 1 amide bonds. The van der Waals surface area contributed by atoms with Crippen molar-refractivity contribution < 1.29 is 17.9 Å². The number of para-hydroxylation sites is 1. The second-order valence-electron chi connectivity index (χ2n) is 6.06. The van der Waals surface area contributed by atoms with Gasteiger partial charge in [0, 0.05) is 12.6 Å². The number of carbonyl (C=O) groups excluding carboxylic acids is 1. The van der Waals surface area contributed by atoms with Crippen LogP contribution in [-0.2, 0) is 14.8 Å². The van der Waals surface area contributed by atoms with Gasteiger partial charge in [0.05, 0.1) is 19.4 Å². The van der Waals surface area contributed by atoms with Crippen LogP contribution in [0.25, 0.3) is 0 Å². The number of likely N-dealkylation sites (N-methyl/N-ethyl adjacent to an activating group) is 1. The quantitative estimate of drug-likeness (QED) is 0.806. The maximum atomic E-state index is 13.0. The molecule has 2 rings (SSSR count). The van der Waals surface area contributed by atoms with Gasteiger partial charge in [0.15, 0.2) is 0 Å². The predicted molar refractivity (Wildman–Crippen MR) is 101 cm³/mol. The van der Waals surface area contributed by atoms with Gasteiger partial charge in [-0.3, -0.25) is 4.79 Å². The standard InChI is InChI=1S/C19H24N2O4S/c1-14(16-12-8-9-13-17(16)25-3)20-19(22)18(21(2)26(4,23)24)15-10-6-5-7-11-15/h5-14,18H,1-4H3,(H,20,22)/t14-,18+/m1/s1. The first-order valence-corrected chi connectivity index (χ1v) is 10.0. The van der Waals surface area contributed by atoms with E-state index in [0.717, 1.165) is 16.1 Å². The van der Waals surface area contributed by atoms with Gasteiger partial charge < -0.3 is 10.1 Å². The molecule has 0 aliphatic carbocycles. The Balaban J connectivity index is 2.32. The molecule has 2 atom stereocenters. The number of hydrogen-bond donors (Lipinski definition) is 1. The number of sulfonamides is 1. The van der Waals surface area contributed by atoms with Crippen molar-refractivity contribution in [1.82, 2.24) is 9.62 Å². The maximum absolute atomic E-state index is 13.0. The average Bonchev–Trinajstić information content (AvgIpc) is 2.61. The van der Waals surface area contributed by atoms with Gasteiger partial charge >= 0.3 is 0 Å². The number of nitrogens with zero attached hydrogens (tertiary/aromatic N) is 1. The molecule has 1 N–H and O–H groups in total. The highest BCUT2D eigenvalue weighted by atomic mass is 32.2. The molecule has 140 valence electrons. The fourth-order valence-electron chi connectivity index (χ4n) is 2.75. The average molecular weight is 376 g/mol. The molecule has 2 aromatic rings. The highest BCUT2D eigenvalue weighted by Gasteiger charge is 2.31. The third-order valence-corrected chi connectivity index (χ3v) is 5.47. The lowest BCUT2D eigenvalue weighted by molar-refractivity contribution is -0.125. The Morgan fingerprint density at radius 2 is 1.65 bits per heavy atom. The van der Waals surface area contributed by atoms with Gasteiger partial charge in [-0.05, 0) is 18.6 Å². The fourth-order valence-corrected chi connectivity index (χ4v) is 3.35. The molecule has 0 aromatic heterocycles. The van der Waals surface area contributed by atoms with Crippen LogP contribution in [0.2, 0.25) is 0 Å². The van der Waals surface area contributed by atoms with Crippen LogP contribution in [0, 0.1) is 0 Å². The SMILES string of the molecule is COc1ccccc1[C@@H](C)NC(=O)[C@H](c1ccccc1)N(C)S(C)(=O)=O. The number of nitrogens with one attached hydrogen (secondary N) is 1. The maximum Gasteiger partial charge on any atom is 0.243 e. The highest BCUT2D eigenvalue weighted by Crippen LogP contribution is 2.27. The Bertz CT molecular complexity index is 853. The molecule has 0 radical (unpaired) electrons. The van der Waals surface area contributed by atoms with Crippen molar-refractivity contribution in [2.75, 3.05) is 20.4 Å². The zero-order chi connectivity index (χ0) is 19.3. The second-order valence-corrected chi connectivity index (χ2v) is 8.11. The summed E-state index contributed by atoms with van der Waals surface area (Å²) < 4.78 is 30.5. The third kappa shape index (κ3) is 4.62. The first-order valence-electron chi connectivity index (χ1n) is 8.17. The lowest BCUT2D eigenvalue weighted by Crippen LogP contribution is -2.42. The minimum Gasteiger partial charge on any atom is -0.496 e. The normalized spacial score (nSPS) is 13.9. The van der Waals surface area contributed by atoms with Gasteiger partial charge in [-0.2, -0.15) is 4.31 Å². The minimum atomic E-state index is -3.56. The van der Waals surface area contributed by atoms with E-state index in [4.69, 9.17) is 4.74 Å². The Kier molecular flexibility index (Phi) is 6.39. The van der Waals surface area contributed by atoms with E-state index >= 15 is 0 Å². The Labute approximate surface area is 154 Å². The zero-order valence-electron chi connectivity index (χ0n) is 15.3. The van der Waals surface area contributed by atoms with Crippen LogP contribution in [-0.4, -0.2) is 39.0 Å². The van der Waals surface area contributed by atoms with Crippen LogP contribution < -0.4 is 10.1 Å². The number of rotatable bonds is 7. The number of carbonyl (C=O) groups is 1. The van der Waals surface area contributed by atoms with Crippen molar-refractivity contribution in [1.29, 1.82) is 0 Å². The summed E-state index contributed by atoms with van der Waals surface area (Å²) in [6.07, 6.45) is 1.08. The topological polar surface area (TPSA) is 75.7 Å². The Morgan fingerprint density at radius 3 is 2.23 bits per heavy atom. The van der Waals surface area contributed by atoms with E-state index in [2.05, 4.69) is 5.32 Å². The van der Waals surface area contributed by atoms with Crippen molar-refractivity contribution in [3.63, 3.8) is 0 Å². The molecule has 0 saturated carbocycles. The molecule has 7 heteroatoms. The van der Waals surface area contributed by atoms with Crippen LogP contribution in [0.1, 0.15) is 30.1 Å². The molecule has 0 heterocycles. The first-order chi connectivity index (χ1) is 12.3. The molecule has 0 fully saturated rings. The van der Waals surface area contributed by atoms with Crippen molar-refractivity contribution in [2.24, 2.45) is 0 Å². The van der Waals surface area contributed by atoms with Crippen LogP contribution in [0.5, 0.6) is 5.75 Å². The summed E-state index contributed by atoms with van der Waals surface area (Å²) in [5.74, 6) is 0.260. The van der Waals surface area contributed by atoms with Crippen molar-refractivity contribution in [3.05, 3.63) is 65.7 Å². The van der Waals surface area contributed by atoms with Gasteiger partial charge in [0.25, 0.3) is 0 Å². The molecule has 0 spiro atoms. The van der Waals surface area contributed by atoms with Crippen molar-refractivity contribution in [2.45, 2.75) is 19.0 Å². The number of amides is 1. The van der Waals surface area contributed by atoms with E-state index in [9.17, 15) is 13.2 Å². The summed E-state index contributed by atoms with van der Waals surface area (Å²) in [4.78, 5) is 13.0. The third-order valence-electron chi connectivity index (χ3n) is 4.21. The largest absolute Gasteiger partial charge is 0.496 e. The fraction of sp³-hybridized carbons (Fsp3) is 0.316. The van der Waals surface area contributed by atoms with Crippen LogP contribution in [0.15, 0.2) is 54.6 Å². The van der Waals surface area contributed by atoms with E-state index in [0.29, 0.717) is 11.3 Å². The monoisotopic (exact) mass is 376 g/mol. The zero-order valence-corrected chi connectivity index (χ0v) is 16.2. The second kappa shape index (κ2) is 8.33. The van der Waals surface area contributed by atoms with E-state index in [1.54, 1.807) is 31.4 Å². The van der Waals surface area contributed by atoms with Gasteiger partial charge in [0.2, 0.25) is 15.9 Å². The van der Waals surface area contributed by atoms with Gasteiger partial charge in [0.1, 0.15) is 11.8 Å². The van der Waals surface area contributed by atoms with Crippen molar-refractivity contribution in [3.8, 4) is 5.75 Å². The highest BCUT2D eigenvalue weighted by molar-refractivity contribution is 7.88. The van der Waals surface area contributed by atoms with Gasteiger partial charge in [-0.25, -0.2) is 8.42 Å². The summed E-state index contributed by atoms with van der Waals surface area (Å²) >= 11 is 0. The van der Waals surface area contributed by atoms with Crippen LogP contribution in [0.4, 0.5) is 0 Å². The summed E-state index contributed by atoms with van der Waals surface area (Å²) in [6, 6.07) is 14.9. The van der Waals surface area contributed by atoms with E-state index in [-0.39, 0.29) is 6.04 Å². The number of methoxy groups -OCH3 is 1. The number of hydrogen-bond acceptors (Lipinski definition) is 4. The molecule has 0 unspecified atom stereocenters. The lowest BCUT2D eigenvalue weighted by Gasteiger charge is -2.27. The van der Waals surface area contributed by atoms with E-state index < -0.39 is 22.0 Å². The molecule has 26 heavy (non-hydrogen) atoms. The summed E-state index contributed by atoms with van der Waals surface area (Å²) in [7, 11) is -0.590. The van der Waals surface area contributed by atoms with Crippen LogP contribution in [0.3, 0.4) is 0 Å². The summed E-state index contributed by atoms with van der Waals surface area (Å²) in [6.45, 7) is 1.83. The Hall–Kier alpha value is -2.38. The van der Waals surface area contributed by atoms with Crippen LogP contribution >= 0.6 is 0 Å². The molecule has 0 saturated heterocycles. The molecule has 2 aromatic carbocycles. The van der Waals surface area contributed by atoms with Crippen molar-refractivity contribution >= 4 is 15.9 Å². The summed E-state index contributed by atoms with van der Waals surface area (Å²) in [5, 5.41) is 2.90. The minimum absolute atomic E-state index is 0.349. The molecule has 0 aliphatic heterocycles. The van der Waals surface area contributed by atoms with Gasteiger partial charge in [-0.15, -0.1) is 0 Å². The molecular weight excluding hydrogens is 352 g/mol. The Morgan fingerprint density at radius 1 is 1.08 bits per heavy atom. The number of benzene rings is 2. The molecular formula is C19H24N2O4S. The van der Waals surface area contributed by atoms with E-state index in [1.807, 2.05) is 37.3 Å². The van der Waals surface area contributed by atoms with Gasteiger partial charge in [-0.1, -0.05) is 48.5 Å².